The van der Waals surface area contributed by atoms with E-state index >= 15 is 0 Å². The van der Waals surface area contributed by atoms with Crippen LogP contribution in [-0.2, 0) is 5.60 Å². The van der Waals surface area contributed by atoms with Crippen molar-refractivity contribution >= 4 is 10.6 Å². The Labute approximate surface area is 188 Å². The number of aliphatic hydroxyl groups is 1. The number of phenols is 1. The third-order valence-corrected chi connectivity index (χ3v) is 6.38. The molecule has 0 spiro atoms. The van der Waals surface area contributed by atoms with Crippen LogP contribution in [0.1, 0.15) is 19.5 Å². The highest BCUT2D eigenvalue weighted by Crippen LogP contribution is 2.45. The first-order valence-electron chi connectivity index (χ1n) is 10.1. The third kappa shape index (κ3) is 4.42. The third-order valence-electron chi connectivity index (χ3n) is 5.24. The van der Waals surface area contributed by atoms with E-state index < -0.39 is 16.2 Å². The highest BCUT2D eigenvalue weighted by atomic mass is 32.3. The van der Waals surface area contributed by atoms with E-state index in [1.807, 2.05) is 41.0 Å². The van der Waals surface area contributed by atoms with Crippen LogP contribution in [0.15, 0.2) is 83.9 Å². The number of hydrogen-bond donors (Lipinski definition) is 4. The monoisotopic (exact) mass is 450 g/mol. The fraction of sp³-hybridized carbons (Fsp3) is 0.160. The molecule has 32 heavy (non-hydrogen) atoms. The van der Waals surface area contributed by atoms with Crippen molar-refractivity contribution in [3.05, 3.63) is 84.7 Å². The lowest BCUT2D eigenvalue weighted by Gasteiger charge is -2.27. The number of imidazole rings is 1. The van der Waals surface area contributed by atoms with Gasteiger partial charge in [-0.1, -0.05) is 36.4 Å². The minimum absolute atomic E-state index is 0.105. The van der Waals surface area contributed by atoms with Crippen molar-refractivity contribution in [3.8, 4) is 34.0 Å². The second kappa shape index (κ2) is 8.11. The molecule has 0 amide bonds. The van der Waals surface area contributed by atoms with Gasteiger partial charge in [0.2, 0.25) is 0 Å². The minimum Gasteiger partial charge on any atom is -0.507 e. The van der Waals surface area contributed by atoms with Crippen LogP contribution in [0.25, 0.3) is 28.2 Å². The van der Waals surface area contributed by atoms with Gasteiger partial charge in [0.1, 0.15) is 17.2 Å². The molecule has 0 aliphatic heterocycles. The van der Waals surface area contributed by atoms with Crippen molar-refractivity contribution < 1.29 is 19.3 Å². The molecule has 0 aliphatic rings. The summed E-state index contributed by atoms with van der Waals surface area (Å²) in [5.41, 5.74) is 2.51. The second-order valence-corrected chi connectivity index (χ2v) is 10.4. The first-order chi connectivity index (χ1) is 15.0. The van der Waals surface area contributed by atoms with Crippen molar-refractivity contribution in [1.82, 2.24) is 9.55 Å². The van der Waals surface area contributed by atoms with Crippen LogP contribution in [0, 0.1) is 0 Å². The molecule has 0 aliphatic carbocycles. The zero-order chi connectivity index (χ0) is 23.1. The van der Waals surface area contributed by atoms with Crippen molar-refractivity contribution in [2.75, 3.05) is 6.26 Å². The van der Waals surface area contributed by atoms with E-state index in [0.29, 0.717) is 22.0 Å². The zero-order valence-corrected chi connectivity index (χ0v) is 18.9. The maximum absolute atomic E-state index is 10.5. The molecule has 1 aromatic heterocycles. The van der Waals surface area contributed by atoms with Crippen molar-refractivity contribution in [2.45, 2.75) is 24.3 Å². The summed E-state index contributed by atoms with van der Waals surface area (Å²) in [7, 11) is -2.80. The van der Waals surface area contributed by atoms with Crippen molar-refractivity contribution in [1.29, 1.82) is 0 Å². The fourth-order valence-electron chi connectivity index (χ4n) is 3.46. The minimum atomic E-state index is -2.80. The normalized spacial score (nSPS) is 12.7. The molecule has 0 saturated heterocycles. The lowest BCUT2D eigenvalue weighted by Crippen LogP contribution is -2.15. The van der Waals surface area contributed by atoms with Gasteiger partial charge in [0.05, 0.1) is 16.2 Å². The Morgan fingerprint density at radius 2 is 1.56 bits per heavy atom. The van der Waals surface area contributed by atoms with Crippen LogP contribution in [0.4, 0.5) is 0 Å². The molecule has 0 atom stereocenters. The number of benzene rings is 3. The zero-order valence-electron chi connectivity index (χ0n) is 18.1. The molecular weight excluding hydrogens is 424 g/mol. The molecule has 6 nitrogen and oxygen atoms in total. The average Bonchev–Trinajstić information content (AvgIpc) is 3.19. The molecule has 0 bridgehead atoms. The Morgan fingerprint density at radius 1 is 0.875 bits per heavy atom. The molecule has 4 aromatic rings. The first-order valence-corrected chi connectivity index (χ1v) is 12.0. The number of phenolic OH excluding ortho intramolecular Hbond substituents is 1. The molecule has 7 heteroatoms. The van der Waals surface area contributed by atoms with Gasteiger partial charge < -0.3 is 10.2 Å². The van der Waals surface area contributed by atoms with Crippen LogP contribution in [0.3, 0.4) is 0 Å². The molecule has 0 saturated carbocycles. The Bertz CT molecular complexity index is 1250. The second-order valence-electron chi connectivity index (χ2n) is 8.30. The maximum Gasteiger partial charge on any atom is 0.148 e. The van der Waals surface area contributed by atoms with Gasteiger partial charge in [-0.05, 0) is 61.4 Å². The summed E-state index contributed by atoms with van der Waals surface area (Å²) < 4.78 is 21.8. The summed E-state index contributed by atoms with van der Waals surface area (Å²) in [6.07, 6.45) is 3.18. The predicted octanol–water partition coefficient (Wildman–Crippen LogP) is 5.88. The van der Waals surface area contributed by atoms with Gasteiger partial charge in [-0.2, -0.15) is 10.6 Å². The molecule has 4 rings (SSSR count). The highest BCUT2D eigenvalue weighted by molar-refractivity contribution is 8.23. The molecule has 1 heterocycles. The van der Waals surface area contributed by atoms with E-state index in [2.05, 4.69) is 4.98 Å². The topological polar surface area (TPSA) is 98.7 Å². The lowest BCUT2D eigenvalue weighted by atomic mass is 10.1. The smallest absolute Gasteiger partial charge is 0.148 e. The summed E-state index contributed by atoms with van der Waals surface area (Å²) in [6, 6.07) is 21.9. The molecule has 0 unspecified atom stereocenters. The van der Waals surface area contributed by atoms with Crippen LogP contribution < -0.4 is 0 Å². The lowest BCUT2D eigenvalue weighted by molar-refractivity contribution is 0.0743. The summed E-state index contributed by atoms with van der Waals surface area (Å²) >= 11 is 0. The number of rotatable bonds is 5. The van der Waals surface area contributed by atoms with Crippen LogP contribution in [0.2, 0.25) is 0 Å². The summed E-state index contributed by atoms with van der Waals surface area (Å²) in [6.45, 7) is 3.34. The van der Waals surface area contributed by atoms with Gasteiger partial charge in [0, 0.05) is 18.1 Å². The highest BCUT2D eigenvalue weighted by Gasteiger charge is 2.24. The molecule has 4 N–H and O–H groups in total. The standard InChI is InChI=1S/C25H26N2O4S/c1-25(2,29)23-16-27(24(26-23)21-9-4-5-10-22(21)28)19-13-11-17(12-14-19)18-7-6-8-20(15-18)32(3,30)31/h4-16,28-31H,1-3H3. The van der Waals surface area contributed by atoms with E-state index in [4.69, 9.17) is 0 Å². The van der Waals surface area contributed by atoms with Gasteiger partial charge in [-0.25, -0.2) is 4.98 Å². The number of aromatic nitrogens is 2. The molecule has 3 aromatic carbocycles. The number of aromatic hydroxyl groups is 1. The van der Waals surface area contributed by atoms with E-state index in [0.717, 1.165) is 16.8 Å². The van der Waals surface area contributed by atoms with E-state index in [-0.39, 0.29) is 5.75 Å². The molecule has 166 valence electrons. The van der Waals surface area contributed by atoms with E-state index in [9.17, 15) is 19.3 Å². The Balaban J connectivity index is 1.78. The summed E-state index contributed by atoms with van der Waals surface area (Å²) in [5.74, 6) is 0.628. The van der Waals surface area contributed by atoms with Crippen molar-refractivity contribution in [2.24, 2.45) is 0 Å². The Hall–Kier alpha value is -3.10. The Morgan fingerprint density at radius 3 is 2.19 bits per heavy atom. The first kappa shape index (κ1) is 22.1. The van der Waals surface area contributed by atoms with E-state index in [1.165, 1.54) is 6.26 Å². The molecule has 0 fully saturated rings. The van der Waals surface area contributed by atoms with E-state index in [1.54, 1.807) is 56.4 Å². The van der Waals surface area contributed by atoms with Crippen LogP contribution >= 0.6 is 10.6 Å². The van der Waals surface area contributed by atoms with Crippen molar-refractivity contribution in [3.63, 3.8) is 0 Å². The maximum atomic E-state index is 10.5. The van der Waals surface area contributed by atoms with Gasteiger partial charge >= 0.3 is 0 Å². The van der Waals surface area contributed by atoms with Gasteiger partial charge in [-0.15, -0.1) is 0 Å². The summed E-state index contributed by atoms with van der Waals surface area (Å²) in [5, 5.41) is 20.9. The number of nitrogens with zero attached hydrogens (tertiary/aromatic N) is 2. The van der Waals surface area contributed by atoms with Gasteiger partial charge in [0.25, 0.3) is 0 Å². The SMILES string of the molecule is CC(C)(O)c1cn(-c2ccc(-c3cccc(S(C)(O)O)c3)cc2)c(-c2ccccc2O)n1. The van der Waals surface area contributed by atoms with Gasteiger partial charge in [0.15, 0.2) is 0 Å². The number of hydrogen-bond acceptors (Lipinski definition) is 5. The number of para-hydroxylation sites is 1. The molecular formula is C25H26N2O4S. The molecule has 0 radical (unpaired) electrons. The average molecular weight is 451 g/mol. The quantitative estimate of drug-likeness (QED) is 0.304. The Kier molecular flexibility index (Phi) is 5.60. The van der Waals surface area contributed by atoms with Crippen LogP contribution in [-0.4, -0.2) is 35.1 Å². The van der Waals surface area contributed by atoms with Crippen LogP contribution in [0.5, 0.6) is 5.75 Å². The van der Waals surface area contributed by atoms with Gasteiger partial charge in [-0.3, -0.25) is 13.7 Å². The predicted molar refractivity (Wildman–Crippen MR) is 128 cm³/mol. The summed E-state index contributed by atoms with van der Waals surface area (Å²) in [4.78, 5) is 5.10. The fourth-order valence-corrected chi connectivity index (χ4v) is 4.14. The largest absolute Gasteiger partial charge is 0.507 e.